The first kappa shape index (κ1) is 13.5. The van der Waals surface area contributed by atoms with Crippen LogP contribution in [0.2, 0.25) is 5.02 Å². The van der Waals surface area contributed by atoms with Crippen LogP contribution in [-0.4, -0.2) is 13.3 Å². The molecule has 0 fully saturated rings. The van der Waals surface area contributed by atoms with Crippen molar-refractivity contribution in [3.05, 3.63) is 22.2 Å². The Bertz CT molecular complexity index is 432. The van der Waals surface area contributed by atoms with E-state index in [0.29, 0.717) is 16.7 Å². The first-order valence-corrected chi connectivity index (χ1v) is 6.84. The van der Waals surface area contributed by atoms with Crippen LogP contribution in [0.25, 0.3) is 0 Å². The number of hydrogen-bond acceptors (Lipinski definition) is 3. The zero-order valence-electron chi connectivity index (χ0n) is 11.0. The van der Waals surface area contributed by atoms with Gasteiger partial charge in [-0.25, -0.2) is 0 Å². The van der Waals surface area contributed by atoms with Crippen molar-refractivity contribution < 1.29 is 9.47 Å². The summed E-state index contributed by atoms with van der Waals surface area (Å²) in [5.41, 5.74) is 8.02. The van der Waals surface area contributed by atoms with Gasteiger partial charge in [-0.3, -0.25) is 0 Å². The molecule has 0 radical (unpaired) electrons. The maximum Gasteiger partial charge on any atom is 0.231 e. The van der Waals surface area contributed by atoms with E-state index in [1.807, 2.05) is 6.07 Å². The van der Waals surface area contributed by atoms with Crippen molar-refractivity contribution in [1.82, 2.24) is 0 Å². The smallest absolute Gasteiger partial charge is 0.231 e. The predicted molar refractivity (Wildman–Crippen MR) is 73.7 cm³/mol. The summed E-state index contributed by atoms with van der Waals surface area (Å²) in [5.74, 6) is 1.92. The molecule has 1 aromatic rings. The molecule has 1 heterocycles. The molecule has 4 heteroatoms. The summed E-state index contributed by atoms with van der Waals surface area (Å²) in [4.78, 5) is 0. The SMILES string of the molecule is CC(C)c1c(CCCCN)cc(Cl)c2c1OCO2. The van der Waals surface area contributed by atoms with Crippen LogP contribution < -0.4 is 15.2 Å². The maximum absolute atomic E-state index is 6.23. The van der Waals surface area contributed by atoms with Gasteiger partial charge in [-0.15, -0.1) is 0 Å². The Hall–Kier alpha value is -0.930. The van der Waals surface area contributed by atoms with E-state index in [2.05, 4.69) is 13.8 Å². The molecule has 1 aliphatic rings. The summed E-state index contributed by atoms with van der Waals surface area (Å²) in [6.45, 7) is 5.32. The van der Waals surface area contributed by atoms with Crippen molar-refractivity contribution in [3.63, 3.8) is 0 Å². The number of hydrogen-bond donors (Lipinski definition) is 1. The molecule has 0 spiro atoms. The van der Waals surface area contributed by atoms with Gasteiger partial charge in [0.1, 0.15) is 0 Å². The fourth-order valence-electron chi connectivity index (χ4n) is 2.40. The van der Waals surface area contributed by atoms with Crippen molar-refractivity contribution >= 4 is 11.6 Å². The van der Waals surface area contributed by atoms with Crippen molar-refractivity contribution in [1.29, 1.82) is 0 Å². The van der Waals surface area contributed by atoms with Gasteiger partial charge < -0.3 is 15.2 Å². The molecule has 0 unspecified atom stereocenters. The Labute approximate surface area is 113 Å². The minimum atomic E-state index is 0.265. The average molecular weight is 270 g/mol. The van der Waals surface area contributed by atoms with E-state index in [9.17, 15) is 0 Å². The molecule has 2 rings (SSSR count). The Kier molecular flexibility index (Phi) is 4.36. The summed E-state index contributed by atoms with van der Waals surface area (Å²) < 4.78 is 11.0. The summed E-state index contributed by atoms with van der Waals surface area (Å²) in [7, 11) is 0. The van der Waals surface area contributed by atoms with E-state index < -0.39 is 0 Å². The molecule has 1 aromatic carbocycles. The van der Waals surface area contributed by atoms with Crippen LogP contribution >= 0.6 is 11.6 Å². The number of benzene rings is 1. The topological polar surface area (TPSA) is 44.5 Å². The normalized spacial score (nSPS) is 13.4. The third-order valence-corrected chi connectivity index (χ3v) is 3.48. The lowest BCUT2D eigenvalue weighted by Gasteiger charge is -2.16. The quantitative estimate of drug-likeness (QED) is 0.833. The largest absolute Gasteiger partial charge is 0.453 e. The lowest BCUT2D eigenvalue weighted by Crippen LogP contribution is -2.03. The van der Waals surface area contributed by atoms with Crippen molar-refractivity contribution in [2.24, 2.45) is 5.73 Å². The molecule has 0 bridgehead atoms. The fraction of sp³-hybridized carbons (Fsp3) is 0.571. The summed E-state index contributed by atoms with van der Waals surface area (Å²) >= 11 is 6.23. The fourth-order valence-corrected chi connectivity index (χ4v) is 2.67. The molecule has 1 aliphatic heterocycles. The highest BCUT2D eigenvalue weighted by Crippen LogP contribution is 2.46. The Morgan fingerprint density at radius 1 is 1.28 bits per heavy atom. The highest BCUT2D eigenvalue weighted by atomic mass is 35.5. The molecule has 0 saturated heterocycles. The zero-order chi connectivity index (χ0) is 13.1. The molecule has 100 valence electrons. The Balaban J connectivity index is 2.35. The number of rotatable bonds is 5. The molecular formula is C14H20ClNO2. The minimum absolute atomic E-state index is 0.265. The van der Waals surface area contributed by atoms with Crippen LogP contribution in [0.5, 0.6) is 11.5 Å². The molecule has 2 N–H and O–H groups in total. The van der Waals surface area contributed by atoms with Crippen LogP contribution in [0.4, 0.5) is 0 Å². The van der Waals surface area contributed by atoms with E-state index in [4.69, 9.17) is 26.8 Å². The van der Waals surface area contributed by atoms with Gasteiger partial charge in [0.15, 0.2) is 11.5 Å². The van der Waals surface area contributed by atoms with Crippen molar-refractivity contribution in [2.75, 3.05) is 13.3 Å². The van der Waals surface area contributed by atoms with E-state index in [0.717, 1.165) is 31.6 Å². The molecule has 0 aromatic heterocycles. The summed E-state index contributed by atoms with van der Waals surface area (Å²) in [5, 5.41) is 0.648. The summed E-state index contributed by atoms with van der Waals surface area (Å²) in [6.07, 6.45) is 3.09. The molecule has 0 saturated carbocycles. The highest BCUT2D eigenvalue weighted by Gasteiger charge is 2.25. The molecule has 18 heavy (non-hydrogen) atoms. The van der Waals surface area contributed by atoms with Crippen LogP contribution in [0.1, 0.15) is 43.7 Å². The molecular weight excluding hydrogens is 250 g/mol. The predicted octanol–water partition coefficient (Wildman–Crippen LogP) is 3.47. The lowest BCUT2D eigenvalue weighted by molar-refractivity contribution is 0.173. The van der Waals surface area contributed by atoms with Gasteiger partial charge in [-0.1, -0.05) is 25.4 Å². The number of aryl methyl sites for hydroxylation is 1. The van der Waals surface area contributed by atoms with Gasteiger partial charge in [0.2, 0.25) is 6.79 Å². The van der Waals surface area contributed by atoms with E-state index in [1.54, 1.807) is 0 Å². The second-order valence-corrected chi connectivity index (χ2v) is 5.30. The number of fused-ring (bicyclic) bond motifs is 1. The number of ether oxygens (including phenoxy) is 2. The van der Waals surface area contributed by atoms with Crippen molar-refractivity contribution in [2.45, 2.75) is 39.0 Å². The molecule has 0 atom stereocenters. The van der Waals surface area contributed by atoms with Gasteiger partial charge in [0, 0.05) is 5.56 Å². The van der Waals surface area contributed by atoms with Crippen LogP contribution in [0, 0.1) is 0 Å². The van der Waals surface area contributed by atoms with Gasteiger partial charge >= 0.3 is 0 Å². The molecule has 0 aliphatic carbocycles. The van der Waals surface area contributed by atoms with Gasteiger partial charge in [0.05, 0.1) is 5.02 Å². The number of unbranched alkanes of at least 4 members (excludes halogenated alkanes) is 1. The second kappa shape index (κ2) is 5.81. The average Bonchev–Trinajstić information content (AvgIpc) is 2.78. The number of nitrogens with two attached hydrogens (primary N) is 1. The second-order valence-electron chi connectivity index (χ2n) is 4.90. The van der Waals surface area contributed by atoms with E-state index >= 15 is 0 Å². The third-order valence-electron chi connectivity index (χ3n) is 3.20. The zero-order valence-corrected chi connectivity index (χ0v) is 11.7. The van der Waals surface area contributed by atoms with E-state index in [-0.39, 0.29) is 6.79 Å². The van der Waals surface area contributed by atoms with Crippen LogP contribution in [0.3, 0.4) is 0 Å². The lowest BCUT2D eigenvalue weighted by atomic mass is 9.92. The van der Waals surface area contributed by atoms with Gasteiger partial charge in [0.25, 0.3) is 0 Å². The third kappa shape index (κ3) is 2.57. The van der Waals surface area contributed by atoms with Crippen LogP contribution in [-0.2, 0) is 6.42 Å². The monoisotopic (exact) mass is 269 g/mol. The van der Waals surface area contributed by atoms with Gasteiger partial charge in [-0.05, 0) is 43.4 Å². The highest BCUT2D eigenvalue weighted by molar-refractivity contribution is 6.32. The number of halogens is 1. The van der Waals surface area contributed by atoms with Crippen molar-refractivity contribution in [3.8, 4) is 11.5 Å². The first-order valence-electron chi connectivity index (χ1n) is 6.46. The van der Waals surface area contributed by atoms with E-state index in [1.165, 1.54) is 11.1 Å². The standard InChI is InChI=1S/C14H20ClNO2/c1-9(2)12-10(5-3-4-6-16)7-11(15)13-14(12)18-8-17-13/h7,9H,3-6,8,16H2,1-2H3. The summed E-state index contributed by atoms with van der Waals surface area (Å²) in [6, 6.07) is 2.01. The molecule has 3 nitrogen and oxygen atoms in total. The molecule has 0 amide bonds. The Morgan fingerprint density at radius 2 is 2.00 bits per heavy atom. The maximum atomic E-state index is 6.23. The Morgan fingerprint density at radius 3 is 2.67 bits per heavy atom. The van der Waals surface area contributed by atoms with Crippen LogP contribution in [0.15, 0.2) is 6.07 Å². The first-order chi connectivity index (χ1) is 8.65. The minimum Gasteiger partial charge on any atom is -0.453 e. The van der Waals surface area contributed by atoms with Gasteiger partial charge in [-0.2, -0.15) is 0 Å².